The van der Waals surface area contributed by atoms with Gasteiger partial charge in [0.25, 0.3) is 11.1 Å². The molecule has 0 bridgehead atoms. The summed E-state index contributed by atoms with van der Waals surface area (Å²) in [6, 6.07) is 5.70. The van der Waals surface area contributed by atoms with E-state index in [4.69, 9.17) is 37.5 Å². The first-order valence-corrected chi connectivity index (χ1v) is 10.0. The molecule has 0 saturated carbocycles. The molecule has 1 saturated heterocycles. The van der Waals surface area contributed by atoms with Crippen LogP contribution in [0.2, 0.25) is 10.0 Å². The molecular weight excluding hydrogens is 473 g/mol. The molecule has 31 heavy (non-hydrogen) atoms. The van der Waals surface area contributed by atoms with Gasteiger partial charge in [-0.05, 0) is 47.7 Å². The summed E-state index contributed by atoms with van der Waals surface area (Å²) in [5, 5.41) is 8.27. The van der Waals surface area contributed by atoms with E-state index in [0.29, 0.717) is 17.3 Å². The van der Waals surface area contributed by atoms with Gasteiger partial charge in [0.1, 0.15) is 5.76 Å². The van der Waals surface area contributed by atoms with E-state index < -0.39 is 29.7 Å². The lowest BCUT2D eigenvalue weighted by atomic mass is 10.2. The van der Waals surface area contributed by atoms with Crippen LogP contribution in [0.3, 0.4) is 0 Å². The van der Waals surface area contributed by atoms with Gasteiger partial charge < -0.3 is 19.0 Å². The number of rotatable bonds is 7. The van der Waals surface area contributed by atoms with Crippen LogP contribution in [0.15, 0.2) is 33.6 Å². The molecule has 3 rings (SSSR count). The van der Waals surface area contributed by atoms with E-state index >= 15 is 0 Å². The number of esters is 1. The smallest absolute Gasteiger partial charge is 0.373 e. The molecule has 2 heterocycles. The molecule has 0 spiro atoms. The number of carboxylic acids is 1. The highest BCUT2D eigenvalue weighted by atomic mass is 35.5. The third kappa shape index (κ3) is 5.22. The van der Waals surface area contributed by atoms with Crippen molar-refractivity contribution in [3.8, 4) is 5.75 Å². The number of thioether (sulfide) groups is 1. The van der Waals surface area contributed by atoms with E-state index in [2.05, 4.69) is 4.74 Å². The molecule has 1 N–H and O–H groups in total. The predicted molar refractivity (Wildman–Crippen MR) is 111 cm³/mol. The van der Waals surface area contributed by atoms with E-state index in [1.54, 1.807) is 0 Å². The van der Waals surface area contributed by atoms with Crippen LogP contribution >= 0.6 is 35.0 Å². The van der Waals surface area contributed by atoms with Crippen molar-refractivity contribution >= 4 is 64.1 Å². The minimum Gasteiger partial charge on any atom is -0.479 e. The number of carbonyl (C=O) groups is 4. The van der Waals surface area contributed by atoms with E-state index in [9.17, 15) is 19.2 Å². The highest BCUT2D eigenvalue weighted by Crippen LogP contribution is 2.37. The Morgan fingerprint density at radius 2 is 1.90 bits per heavy atom. The van der Waals surface area contributed by atoms with Crippen molar-refractivity contribution < 1.29 is 38.2 Å². The first-order valence-electron chi connectivity index (χ1n) is 8.45. The molecular formula is C19H13Cl2NO8S. The average Bonchev–Trinajstić information content (AvgIpc) is 3.27. The van der Waals surface area contributed by atoms with E-state index in [1.807, 2.05) is 0 Å². The SMILES string of the molecule is COC(=O)c1ccc(CN2C(=O)S/C(=C/c3cc(Cl)c(OCC(=O)O)c(Cl)c3)C2=O)o1. The minimum absolute atomic E-state index is 0.00443. The zero-order chi connectivity index (χ0) is 22.7. The number of hydrogen-bond donors (Lipinski definition) is 1. The summed E-state index contributed by atoms with van der Waals surface area (Å²) in [5.41, 5.74) is 0.411. The van der Waals surface area contributed by atoms with Gasteiger partial charge >= 0.3 is 11.9 Å². The van der Waals surface area contributed by atoms with Gasteiger partial charge in [-0.3, -0.25) is 14.5 Å². The van der Waals surface area contributed by atoms with Crippen molar-refractivity contribution in [3.63, 3.8) is 0 Å². The maximum Gasteiger partial charge on any atom is 0.373 e. The van der Waals surface area contributed by atoms with Crippen molar-refractivity contribution in [2.24, 2.45) is 0 Å². The van der Waals surface area contributed by atoms with Gasteiger partial charge in [0.15, 0.2) is 12.4 Å². The molecule has 2 aromatic rings. The van der Waals surface area contributed by atoms with Gasteiger partial charge in [-0.1, -0.05) is 23.2 Å². The van der Waals surface area contributed by atoms with Crippen LogP contribution < -0.4 is 4.74 Å². The molecule has 1 aliphatic rings. The molecule has 12 heteroatoms. The van der Waals surface area contributed by atoms with Crippen molar-refractivity contribution in [1.29, 1.82) is 0 Å². The highest BCUT2D eigenvalue weighted by molar-refractivity contribution is 8.18. The summed E-state index contributed by atoms with van der Waals surface area (Å²) >= 11 is 12.9. The second-order valence-corrected chi connectivity index (χ2v) is 7.83. The highest BCUT2D eigenvalue weighted by Gasteiger charge is 2.36. The number of imide groups is 1. The zero-order valence-electron chi connectivity index (χ0n) is 15.7. The number of hydrogen-bond acceptors (Lipinski definition) is 8. The lowest BCUT2D eigenvalue weighted by Crippen LogP contribution is -2.27. The number of benzene rings is 1. The minimum atomic E-state index is -1.19. The standard InChI is InChI=1S/C19H13Cl2NO8S/c1-28-18(26)13-3-2-10(30-13)7-22-17(25)14(31-19(22)27)6-9-4-11(20)16(12(21)5-9)29-8-15(23)24/h2-6H,7-8H2,1H3,(H,23,24)/b14-6+. The lowest BCUT2D eigenvalue weighted by Gasteiger charge is -2.10. The third-order valence-electron chi connectivity index (χ3n) is 3.89. The number of furan rings is 1. The number of ether oxygens (including phenoxy) is 2. The normalized spacial score (nSPS) is 14.9. The van der Waals surface area contributed by atoms with Crippen LogP contribution in [0.5, 0.6) is 5.75 Å². The molecule has 1 aromatic carbocycles. The van der Waals surface area contributed by atoms with Crippen LogP contribution in [0.25, 0.3) is 6.08 Å². The Morgan fingerprint density at radius 3 is 2.52 bits per heavy atom. The summed E-state index contributed by atoms with van der Waals surface area (Å²) in [4.78, 5) is 48.1. The van der Waals surface area contributed by atoms with Gasteiger partial charge in [0, 0.05) is 0 Å². The zero-order valence-corrected chi connectivity index (χ0v) is 18.0. The fourth-order valence-electron chi connectivity index (χ4n) is 2.55. The first-order chi connectivity index (χ1) is 14.7. The van der Waals surface area contributed by atoms with Gasteiger partial charge in [-0.25, -0.2) is 9.59 Å². The molecule has 1 aliphatic heterocycles. The van der Waals surface area contributed by atoms with E-state index in [-0.39, 0.29) is 38.8 Å². The van der Waals surface area contributed by atoms with Crippen LogP contribution in [0, 0.1) is 0 Å². The van der Waals surface area contributed by atoms with Crippen LogP contribution in [-0.2, 0) is 20.9 Å². The summed E-state index contributed by atoms with van der Waals surface area (Å²) in [6.45, 7) is -0.787. The number of aliphatic carboxylic acids is 1. The number of carboxylic acid groups (broad SMARTS) is 1. The second-order valence-electron chi connectivity index (χ2n) is 6.02. The van der Waals surface area contributed by atoms with Crippen molar-refractivity contribution in [2.45, 2.75) is 6.54 Å². The molecule has 1 fully saturated rings. The molecule has 2 amide bonds. The Kier molecular flexibility index (Phi) is 6.94. The summed E-state index contributed by atoms with van der Waals surface area (Å²) in [6.07, 6.45) is 1.42. The first kappa shape index (κ1) is 22.7. The number of carbonyl (C=O) groups excluding carboxylic acids is 3. The monoisotopic (exact) mass is 485 g/mol. The van der Waals surface area contributed by atoms with E-state index in [0.717, 1.165) is 4.90 Å². The molecule has 0 atom stereocenters. The van der Waals surface area contributed by atoms with E-state index in [1.165, 1.54) is 37.5 Å². The predicted octanol–water partition coefficient (Wildman–Crippen LogP) is 4.07. The largest absolute Gasteiger partial charge is 0.479 e. The van der Waals surface area contributed by atoms with Crippen LogP contribution in [0.4, 0.5) is 4.79 Å². The lowest BCUT2D eigenvalue weighted by molar-refractivity contribution is -0.139. The Bertz CT molecular complexity index is 1090. The van der Waals surface area contributed by atoms with Crippen LogP contribution in [-0.4, -0.2) is 46.8 Å². The molecule has 162 valence electrons. The maximum absolute atomic E-state index is 12.7. The van der Waals surface area contributed by atoms with Crippen molar-refractivity contribution in [2.75, 3.05) is 13.7 Å². The number of nitrogens with zero attached hydrogens (tertiary/aromatic N) is 1. The molecule has 0 aliphatic carbocycles. The summed E-state index contributed by atoms with van der Waals surface area (Å²) < 4.78 is 14.9. The quantitative estimate of drug-likeness (QED) is 0.456. The topological polar surface area (TPSA) is 123 Å². The Labute approximate surface area is 189 Å². The number of halogens is 2. The second kappa shape index (κ2) is 9.46. The Balaban J connectivity index is 1.77. The van der Waals surface area contributed by atoms with Crippen LogP contribution in [0.1, 0.15) is 21.9 Å². The van der Waals surface area contributed by atoms with Gasteiger partial charge in [0.05, 0.1) is 28.6 Å². The molecule has 0 unspecified atom stereocenters. The van der Waals surface area contributed by atoms with Gasteiger partial charge in [-0.15, -0.1) is 0 Å². The average molecular weight is 486 g/mol. The number of amides is 2. The van der Waals surface area contributed by atoms with Gasteiger partial charge in [-0.2, -0.15) is 0 Å². The maximum atomic E-state index is 12.7. The fraction of sp³-hybridized carbons (Fsp3) is 0.158. The van der Waals surface area contributed by atoms with Gasteiger partial charge in [0.2, 0.25) is 5.76 Å². The third-order valence-corrected chi connectivity index (χ3v) is 5.36. The molecule has 9 nitrogen and oxygen atoms in total. The summed E-state index contributed by atoms with van der Waals surface area (Å²) in [5.74, 6) is -2.26. The van der Waals surface area contributed by atoms with Crippen molar-refractivity contribution in [3.05, 3.63) is 56.3 Å². The number of methoxy groups -OCH3 is 1. The van der Waals surface area contributed by atoms with Crippen molar-refractivity contribution in [1.82, 2.24) is 4.90 Å². The molecule has 1 aromatic heterocycles. The summed E-state index contributed by atoms with van der Waals surface area (Å²) in [7, 11) is 1.20. The Hall–Kier alpha value is -2.95. The Morgan fingerprint density at radius 1 is 1.23 bits per heavy atom. The molecule has 0 radical (unpaired) electrons. The fourth-order valence-corrected chi connectivity index (χ4v) is 4.00.